The van der Waals surface area contributed by atoms with Gasteiger partial charge in [0.2, 0.25) is 5.91 Å². The van der Waals surface area contributed by atoms with Gasteiger partial charge in [0.1, 0.15) is 19.8 Å². The molecule has 1 unspecified atom stereocenters. The standard InChI is InChI=1S/C16H23NO4/c1-4-19-10-15(18)17-16(11(2)3)12-5-6-13-14(9-12)21-8-7-20-13/h5-6,9,11,16H,4,7-8,10H2,1-3H3,(H,17,18). The minimum Gasteiger partial charge on any atom is -0.486 e. The molecule has 1 heterocycles. The fraction of sp³-hybridized carbons (Fsp3) is 0.562. The van der Waals surface area contributed by atoms with Gasteiger partial charge < -0.3 is 19.5 Å². The first-order valence-electron chi connectivity index (χ1n) is 7.38. The average molecular weight is 293 g/mol. The topological polar surface area (TPSA) is 56.8 Å². The number of nitrogens with one attached hydrogen (secondary N) is 1. The first-order chi connectivity index (χ1) is 10.1. The molecule has 0 aliphatic carbocycles. The van der Waals surface area contributed by atoms with Crippen molar-refractivity contribution in [1.29, 1.82) is 0 Å². The van der Waals surface area contributed by atoms with E-state index in [0.717, 1.165) is 17.1 Å². The van der Waals surface area contributed by atoms with Crippen LogP contribution in [0.2, 0.25) is 0 Å². The molecule has 0 fully saturated rings. The van der Waals surface area contributed by atoms with Gasteiger partial charge in [-0.3, -0.25) is 4.79 Å². The Balaban J connectivity index is 2.12. The highest BCUT2D eigenvalue weighted by Gasteiger charge is 2.21. The summed E-state index contributed by atoms with van der Waals surface area (Å²) in [7, 11) is 0. The molecular formula is C16H23NO4. The van der Waals surface area contributed by atoms with Gasteiger partial charge in [-0.25, -0.2) is 0 Å². The van der Waals surface area contributed by atoms with Crippen molar-refractivity contribution in [1.82, 2.24) is 5.32 Å². The number of benzene rings is 1. The van der Waals surface area contributed by atoms with Crippen LogP contribution in [0, 0.1) is 5.92 Å². The molecule has 1 N–H and O–H groups in total. The predicted octanol–water partition coefficient (Wildman–Crippen LogP) is 2.31. The molecule has 0 spiro atoms. The minimum atomic E-state index is -0.106. The lowest BCUT2D eigenvalue weighted by atomic mass is 9.95. The third kappa shape index (κ3) is 4.11. The minimum absolute atomic E-state index is 0.0752. The van der Waals surface area contributed by atoms with Crippen molar-refractivity contribution in [2.45, 2.75) is 26.8 Å². The highest BCUT2D eigenvalue weighted by atomic mass is 16.6. The second-order valence-corrected chi connectivity index (χ2v) is 5.33. The number of hydrogen-bond donors (Lipinski definition) is 1. The summed E-state index contributed by atoms with van der Waals surface area (Å²) < 4.78 is 16.3. The summed E-state index contributed by atoms with van der Waals surface area (Å²) in [5, 5.41) is 3.01. The van der Waals surface area contributed by atoms with Gasteiger partial charge in [-0.15, -0.1) is 0 Å². The summed E-state index contributed by atoms with van der Waals surface area (Å²) in [5.74, 6) is 1.65. The Hall–Kier alpha value is -1.75. The molecule has 0 saturated heterocycles. The van der Waals surface area contributed by atoms with Crippen LogP contribution in [0.4, 0.5) is 0 Å². The van der Waals surface area contributed by atoms with E-state index in [0.29, 0.717) is 19.8 Å². The zero-order chi connectivity index (χ0) is 15.2. The lowest BCUT2D eigenvalue weighted by Gasteiger charge is -2.25. The Labute approximate surface area is 125 Å². The zero-order valence-electron chi connectivity index (χ0n) is 12.8. The van der Waals surface area contributed by atoms with E-state index in [9.17, 15) is 4.79 Å². The summed E-state index contributed by atoms with van der Waals surface area (Å²) in [6, 6.07) is 5.74. The van der Waals surface area contributed by atoms with Gasteiger partial charge in [-0.1, -0.05) is 19.9 Å². The number of amides is 1. The maximum Gasteiger partial charge on any atom is 0.246 e. The molecule has 0 radical (unpaired) electrons. The van der Waals surface area contributed by atoms with Crippen LogP contribution < -0.4 is 14.8 Å². The largest absolute Gasteiger partial charge is 0.486 e. The van der Waals surface area contributed by atoms with Gasteiger partial charge in [-0.2, -0.15) is 0 Å². The Morgan fingerprint density at radius 1 is 1.29 bits per heavy atom. The van der Waals surface area contributed by atoms with Crippen molar-refractivity contribution >= 4 is 5.91 Å². The molecule has 5 heteroatoms. The fourth-order valence-corrected chi connectivity index (χ4v) is 2.30. The molecule has 1 atom stereocenters. The van der Waals surface area contributed by atoms with Crippen LogP contribution in [-0.2, 0) is 9.53 Å². The van der Waals surface area contributed by atoms with Crippen LogP contribution in [0.3, 0.4) is 0 Å². The molecule has 0 aromatic heterocycles. The van der Waals surface area contributed by atoms with Crippen LogP contribution in [-0.4, -0.2) is 32.3 Å². The van der Waals surface area contributed by atoms with E-state index < -0.39 is 0 Å². The van der Waals surface area contributed by atoms with Crippen LogP contribution in [0.15, 0.2) is 18.2 Å². The van der Waals surface area contributed by atoms with E-state index in [1.165, 1.54) is 0 Å². The van der Waals surface area contributed by atoms with Gasteiger partial charge in [0.15, 0.2) is 11.5 Å². The summed E-state index contributed by atoms with van der Waals surface area (Å²) in [5.41, 5.74) is 1.01. The van der Waals surface area contributed by atoms with Crippen molar-refractivity contribution in [3.8, 4) is 11.5 Å². The van der Waals surface area contributed by atoms with E-state index >= 15 is 0 Å². The summed E-state index contributed by atoms with van der Waals surface area (Å²) in [6.45, 7) is 7.76. The van der Waals surface area contributed by atoms with Gasteiger partial charge >= 0.3 is 0 Å². The Morgan fingerprint density at radius 2 is 2.00 bits per heavy atom. The highest BCUT2D eigenvalue weighted by molar-refractivity contribution is 5.77. The molecule has 1 aromatic carbocycles. The van der Waals surface area contributed by atoms with Crippen molar-refractivity contribution in [3.63, 3.8) is 0 Å². The first-order valence-corrected chi connectivity index (χ1v) is 7.38. The fourth-order valence-electron chi connectivity index (χ4n) is 2.30. The third-order valence-electron chi connectivity index (χ3n) is 3.35. The predicted molar refractivity (Wildman–Crippen MR) is 79.6 cm³/mol. The van der Waals surface area contributed by atoms with Gasteiger partial charge in [0.25, 0.3) is 0 Å². The summed E-state index contributed by atoms with van der Waals surface area (Å²) in [6.07, 6.45) is 0. The van der Waals surface area contributed by atoms with E-state index in [1.807, 2.05) is 25.1 Å². The van der Waals surface area contributed by atoms with E-state index in [4.69, 9.17) is 14.2 Å². The van der Waals surface area contributed by atoms with Gasteiger partial charge in [-0.05, 0) is 30.5 Å². The smallest absolute Gasteiger partial charge is 0.246 e. The Bertz CT molecular complexity index is 487. The van der Waals surface area contributed by atoms with Gasteiger partial charge in [0.05, 0.1) is 6.04 Å². The number of carbonyl (C=O) groups is 1. The zero-order valence-corrected chi connectivity index (χ0v) is 12.8. The molecule has 1 aromatic rings. The lowest BCUT2D eigenvalue weighted by Crippen LogP contribution is -2.34. The second kappa shape index (κ2) is 7.31. The Kier molecular flexibility index (Phi) is 5.44. The van der Waals surface area contributed by atoms with Crippen LogP contribution >= 0.6 is 0 Å². The molecular weight excluding hydrogens is 270 g/mol. The third-order valence-corrected chi connectivity index (χ3v) is 3.35. The molecule has 0 saturated carbocycles. The van der Waals surface area contributed by atoms with Crippen molar-refractivity contribution < 1.29 is 19.0 Å². The quantitative estimate of drug-likeness (QED) is 0.874. The molecule has 1 aliphatic rings. The monoisotopic (exact) mass is 293 g/mol. The van der Waals surface area contributed by atoms with Crippen LogP contribution in [0.5, 0.6) is 11.5 Å². The Morgan fingerprint density at radius 3 is 2.67 bits per heavy atom. The summed E-state index contributed by atoms with van der Waals surface area (Å²) in [4.78, 5) is 11.9. The van der Waals surface area contributed by atoms with Crippen LogP contribution in [0.25, 0.3) is 0 Å². The van der Waals surface area contributed by atoms with E-state index in [1.54, 1.807) is 0 Å². The average Bonchev–Trinajstić information content (AvgIpc) is 2.49. The number of carbonyl (C=O) groups excluding carboxylic acids is 1. The highest BCUT2D eigenvalue weighted by Crippen LogP contribution is 2.34. The van der Waals surface area contributed by atoms with Crippen molar-refractivity contribution in [2.24, 2.45) is 5.92 Å². The van der Waals surface area contributed by atoms with Crippen LogP contribution in [0.1, 0.15) is 32.4 Å². The van der Waals surface area contributed by atoms with E-state index in [-0.39, 0.29) is 24.5 Å². The molecule has 21 heavy (non-hydrogen) atoms. The molecule has 116 valence electrons. The lowest BCUT2D eigenvalue weighted by molar-refractivity contribution is -0.126. The second-order valence-electron chi connectivity index (χ2n) is 5.33. The van der Waals surface area contributed by atoms with E-state index in [2.05, 4.69) is 19.2 Å². The molecule has 1 aliphatic heterocycles. The number of hydrogen-bond acceptors (Lipinski definition) is 4. The number of ether oxygens (including phenoxy) is 3. The molecule has 0 bridgehead atoms. The molecule has 1 amide bonds. The maximum atomic E-state index is 11.9. The first kappa shape index (κ1) is 15.6. The number of fused-ring (bicyclic) bond motifs is 1. The number of rotatable bonds is 6. The van der Waals surface area contributed by atoms with Crippen molar-refractivity contribution in [2.75, 3.05) is 26.4 Å². The van der Waals surface area contributed by atoms with Gasteiger partial charge in [0, 0.05) is 6.61 Å². The van der Waals surface area contributed by atoms with Crippen molar-refractivity contribution in [3.05, 3.63) is 23.8 Å². The molecule has 5 nitrogen and oxygen atoms in total. The molecule has 2 rings (SSSR count). The SMILES string of the molecule is CCOCC(=O)NC(c1ccc2c(c1)OCCO2)C(C)C. The maximum absolute atomic E-state index is 11.9. The normalized spacial score (nSPS) is 14.9. The summed E-state index contributed by atoms with van der Waals surface area (Å²) >= 11 is 0.